The van der Waals surface area contributed by atoms with Crippen LogP contribution in [0, 0.1) is 0 Å². The lowest BCUT2D eigenvalue weighted by Gasteiger charge is -2.19. The quantitative estimate of drug-likeness (QED) is 0.0277. The van der Waals surface area contributed by atoms with Gasteiger partial charge in [-0.25, -0.2) is 4.57 Å². The van der Waals surface area contributed by atoms with Crippen molar-refractivity contribution in [3.8, 4) is 0 Å². The first kappa shape index (κ1) is 47.8. The summed E-state index contributed by atoms with van der Waals surface area (Å²) < 4.78 is 32.7. The zero-order chi connectivity index (χ0) is 36.1. The van der Waals surface area contributed by atoms with Crippen LogP contribution in [0.15, 0.2) is 12.2 Å². The van der Waals surface area contributed by atoms with Crippen molar-refractivity contribution < 1.29 is 37.6 Å². The Labute approximate surface area is 300 Å². The maximum atomic E-state index is 12.5. The summed E-state index contributed by atoms with van der Waals surface area (Å²) in [6.45, 7) is 3.72. The fourth-order valence-corrected chi connectivity index (χ4v) is 6.39. The normalized spacial score (nSPS) is 13.5. The summed E-state index contributed by atoms with van der Waals surface area (Å²) in [4.78, 5) is 34.7. The number of phosphoric acid groups is 1. The van der Waals surface area contributed by atoms with Crippen LogP contribution in [-0.2, 0) is 32.7 Å². The monoisotopic (exact) mass is 718 g/mol. The van der Waals surface area contributed by atoms with E-state index in [0.717, 1.165) is 51.4 Å². The topological polar surface area (TPSA) is 134 Å². The van der Waals surface area contributed by atoms with Crippen molar-refractivity contribution in [3.05, 3.63) is 12.2 Å². The Balaban J connectivity index is 4.18. The SMILES string of the molecule is CCCCCCC/C=C\CCCCCCCC(=O)OC[C@H](COP(=O)(O)OCCN)OC(=O)CCCCCCCCCCCCCCCC. The Morgan fingerprint density at radius 2 is 1.00 bits per heavy atom. The van der Waals surface area contributed by atoms with E-state index in [2.05, 4.69) is 26.0 Å². The third-order valence-corrected chi connectivity index (χ3v) is 9.64. The molecule has 0 aromatic rings. The molecule has 10 heteroatoms. The molecule has 3 N–H and O–H groups in total. The maximum Gasteiger partial charge on any atom is 0.472 e. The summed E-state index contributed by atoms with van der Waals surface area (Å²) in [6, 6.07) is 0. The zero-order valence-electron chi connectivity index (χ0n) is 31.7. The van der Waals surface area contributed by atoms with Crippen LogP contribution in [0.2, 0.25) is 0 Å². The molecule has 0 fully saturated rings. The van der Waals surface area contributed by atoms with E-state index in [1.807, 2.05) is 0 Å². The predicted molar refractivity (Wildman–Crippen MR) is 201 cm³/mol. The molecule has 0 aliphatic rings. The van der Waals surface area contributed by atoms with Crippen molar-refractivity contribution in [1.29, 1.82) is 0 Å². The molecule has 0 heterocycles. The molecule has 9 nitrogen and oxygen atoms in total. The van der Waals surface area contributed by atoms with E-state index in [1.54, 1.807) is 0 Å². The van der Waals surface area contributed by atoms with Crippen LogP contribution in [0.25, 0.3) is 0 Å². The molecule has 0 bridgehead atoms. The van der Waals surface area contributed by atoms with Gasteiger partial charge in [-0.1, -0.05) is 154 Å². The minimum absolute atomic E-state index is 0.0550. The number of rotatable bonds is 38. The second-order valence-electron chi connectivity index (χ2n) is 13.5. The number of hydrogen-bond acceptors (Lipinski definition) is 8. The van der Waals surface area contributed by atoms with Gasteiger partial charge >= 0.3 is 19.8 Å². The fraction of sp³-hybridized carbons (Fsp3) is 0.897. The highest BCUT2D eigenvalue weighted by molar-refractivity contribution is 7.47. The summed E-state index contributed by atoms with van der Waals surface area (Å²) in [5.74, 6) is -0.831. The molecule has 0 saturated carbocycles. The molecule has 290 valence electrons. The highest BCUT2D eigenvalue weighted by atomic mass is 31.2. The maximum absolute atomic E-state index is 12.5. The predicted octanol–water partition coefficient (Wildman–Crippen LogP) is 11.1. The van der Waals surface area contributed by atoms with Crippen LogP contribution < -0.4 is 5.73 Å². The van der Waals surface area contributed by atoms with E-state index in [4.69, 9.17) is 24.3 Å². The third kappa shape index (κ3) is 36.3. The van der Waals surface area contributed by atoms with Crippen LogP contribution in [-0.4, -0.2) is 49.3 Å². The van der Waals surface area contributed by atoms with Gasteiger partial charge in [-0.2, -0.15) is 0 Å². The number of hydrogen-bond donors (Lipinski definition) is 2. The van der Waals surface area contributed by atoms with Gasteiger partial charge in [0.2, 0.25) is 0 Å². The lowest BCUT2D eigenvalue weighted by atomic mass is 10.0. The van der Waals surface area contributed by atoms with Crippen molar-refractivity contribution >= 4 is 19.8 Å². The van der Waals surface area contributed by atoms with Crippen molar-refractivity contribution in [2.75, 3.05) is 26.4 Å². The molecule has 0 saturated heterocycles. The number of carbonyl (C=O) groups excluding carboxylic acids is 2. The van der Waals surface area contributed by atoms with Gasteiger partial charge in [0, 0.05) is 19.4 Å². The number of esters is 2. The largest absolute Gasteiger partial charge is 0.472 e. The molecular weight excluding hydrogens is 641 g/mol. The molecule has 0 amide bonds. The summed E-state index contributed by atoms with van der Waals surface area (Å²) in [5.41, 5.74) is 5.33. The Morgan fingerprint density at radius 3 is 1.45 bits per heavy atom. The van der Waals surface area contributed by atoms with Gasteiger partial charge in [-0.05, 0) is 38.5 Å². The highest BCUT2D eigenvalue weighted by Crippen LogP contribution is 2.43. The Morgan fingerprint density at radius 1 is 0.592 bits per heavy atom. The van der Waals surface area contributed by atoms with E-state index >= 15 is 0 Å². The molecule has 0 aromatic carbocycles. The summed E-state index contributed by atoms with van der Waals surface area (Å²) in [7, 11) is -4.37. The van der Waals surface area contributed by atoms with Crippen molar-refractivity contribution in [2.24, 2.45) is 5.73 Å². The van der Waals surface area contributed by atoms with Crippen LogP contribution in [0.4, 0.5) is 0 Å². The summed E-state index contributed by atoms with van der Waals surface area (Å²) in [6.07, 6.45) is 35.2. The second-order valence-corrected chi connectivity index (χ2v) is 15.0. The molecular formula is C39H76NO8P. The molecule has 0 rings (SSSR count). The van der Waals surface area contributed by atoms with Crippen molar-refractivity contribution in [2.45, 2.75) is 200 Å². The summed E-state index contributed by atoms with van der Waals surface area (Å²) >= 11 is 0. The lowest BCUT2D eigenvalue weighted by molar-refractivity contribution is -0.161. The summed E-state index contributed by atoms with van der Waals surface area (Å²) in [5, 5.41) is 0. The number of ether oxygens (including phenoxy) is 2. The Bertz CT molecular complexity index is 825. The first-order chi connectivity index (χ1) is 23.8. The van der Waals surface area contributed by atoms with Gasteiger partial charge in [0.05, 0.1) is 13.2 Å². The highest BCUT2D eigenvalue weighted by Gasteiger charge is 2.26. The van der Waals surface area contributed by atoms with Gasteiger partial charge in [-0.15, -0.1) is 0 Å². The van der Waals surface area contributed by atoms with Gasteiger partial charge in [0.25, 0.3) is 0 Å². The smallest absolute Gasteiger partial charge is 0.462 e. The molecule has 0 aromatic heterocycles. The van der Waals surface area contributed by atoms with Crippen LogP contribution in [0.5, 0.6) is 0 Å². The minimum Gasteiger partial charge on any atom is -0.462 e. The molecule has 2 atom stereocenters. The van der Waals surface area contributed by atoms with E-state index in [1.165, 1.54) is 109 Å². The molecule has 49 heavy (non-hydrogen) atoms. The van der Waals surface area contributed by atoms with Gasteiger partial charge in [0.1, 0.15) is 6.61 Å². The Kier molecular flexibility index (Phi) is 35.6. The Hall–Kier alpha value is -1.25. The van der Waals surface area contributed by atoms with E-state index in [0.29, 0.717) is 6.42 Å². The second kappa shape index (κ2) is 36.5. The lowest BCUT2D eigenvalue weighted by Crippen LogP contribution is -2.29. The average molecular weight is 718 g/mol. The number of phosphoric ester groups is 1. The van der Waals surface area contributed by atoms with Gasteiger partial charge < -0.3 is 20.1 Å². The van der Waals surface area contributed by atoms with Gasteiger partial charge in [-0.3, -0.25) is 18.6 Å². The first-order valence-electron chi connectivity index (χ1n) is 20.2. The van der Waals surface area contributed by atoms with Crippen LogP contribution >= 0.6 is 7.82 Å². The van der Waals surface area contributed by atoms with E-state index in [-0.39, 0.29) is 38.6 Å². The number of nitrogens with two attached hydrogens (primary N) is 1. The zero-order valence-corrected chi connectivity index (χ0v) is 32.6. The number of allylic oxidation sites excluding steroid dienone is 2. The number of unbranched alkanes of at least 4 members (excludes halogenated alkanes) is 23. The van der Waals surface area contributed by atoms with E-state index in [9.17, 15) is 19.0 Å². The fourth-order valence-electron chi connectivity index (χ4n) is 5.63. The minimum atomic E-state index is -4.37. The number of carbonyl (C=O) groups is 2. The molecule has 0 radical (unpaired) electrons. The average Bonchev–Trinajstić information content (AvgIpc) is 3.08. The molecule has 0 spiro atoms. The molecule has 0 aliphatic heterocycles. The van der Waals surface area contributed by atoms with Crippen molar-refractivity contribution in [1.82, 2.24) is 0 Å². The van der Waals surface area contributed by atoms with Crippen LogP contribution in [0.1, 0.15) is 194 Å². The third-order valence-electron chi connectivity index (χ3n) is 8.65. The van der Waals surface area contributed by atoms with Crippen LogP contribution in [0.3, 0.4) is 0 Å². The first-order valence-corrected chi connectivity index (χ1v) is 21.7. The standard InChI is InChI=1S/C39H76NO8P/c1-3-5-7-9-11-13-15-17-19-21-23-25-27-29-31-38(41)45-35-37(36-47-49(43,44)46-34-33-40)48-39(42)32-30-28-26-24-22-20-18-16-14-12-10-8-6-4-2/h15,17,37H,3-14,16,18-36,40H2,1-2H3,(H,43,44)/b17-15-/t37-/m1/s1. The van der Waals surface area contributed by atoms with Crippen molar-refractivity contribution in [3.63, 3.8) is 0 Å². The van der Waals surface area contributed by atoms with Gasteiger partial charge in [0.15, 0.2) is 6.10 Å². The molecule has 0 aliphatic carbocycles. The molecule has 1 unspecified atom stereocenters. The van der Waals surface area contributed by atoms with E-state index < -0.39 is 26.5 Å².